The fourth-order valence-electron chi connectivity index (χ4n) is 18.6. The zero-order chi connectivity index (χ0) is 104. The number of rotatable bonds is 22. The first-order valence-corrected chi connectivity index (χ1v) is 56.2. The summed E-state index contributed by atoms with van der Waals surface area (Å²) in [6, 6.07) is 4.07. The molecule has 12 fully saturated rings. The maximum absolute atomic E-state index is 11.6. The monoisotopic (exact) mass is 1990 g/mol. The molecular formula is C114H242N20O6. The van der Waals surface area contributed by atoms with Crippen molar-refractivity contribution in [3.8, 4) is 0 Å². The van der Waals surface area contributed by atoms with E-state index in [1.165, 1.54) is 202 Å². The lowest BCUT2D eigenvalue weighted by molar-refractivity contribution is -0.136. The molecule has 0 aromatic heterocycles. The number of allylic oxidation sites excluding steroid dienone is 1. The van der Waals surface area contributed by atoms with Crippen molar-refractivity contribution in [1.29, 1.82) is 0 Å². The van der Waals surface area contributed by atoms with E-state index in [9.17, 15) is 24.3 Å². The Hall–Kier alpha value is -2.94. The van der Waals surface area contributed by atoms with Crippen molar-refractivity contribution in [3.63, 3.8) is 0 Å². The van der Waals surface area contributed by atoms with E-state index in [4.69, 9.17) is 4.74 Å². The molecular weight excluding hydrogens is 1750 g/mol. The Bertz CT molecular complexity index is 2850. The van der Waals surface area contributed by atoms with Crippen molar-refractivity contribution in [1.82, 2.24) is 98.4 Å². The summed E-state index contributed by atoms with van der Waals surface area (Å²) in [5.74, 6) is 7.63. The molecule has 0 radical (unpaired) electrons. The third-order valence-corrected chi connectivity index (χ3v) is 29.4. The van der Waals surface area contributed by atoms with Crippen molar-refractivity contribution in [3.05, 3.63) is 12.2 Å². The molecule has 0 saturated carbocycles. The molecule has 3 amide bonds. The molecule has 0 aromatic carbocycles. The average molecular weight is 1990 g/mol. The molecule has 140 heavy (non-hydrogen) atoms. The molecule has 12 rings (SSSR count). The van der Waals surface area contributed by atoms with Crippen LogP contribution in [0, 0.1) is 59.2 Å². The minimum atomic E-state index is -0.0324. The van der Waals surface area contributed by atoms with Crippen LogP contribution >= 0.6 is 0 Å². The molecule has 12 heterocycles. The number of nitrogens with zero attached hydrogens (tertiary/aromatic N) is 19. The number of hydrogen-bond donors (Lipinski definition) is 2. The van der Waals surface area contributed by atoms with Gasteiger partial charge in [-0.3, -0.25) is 33.9 Å². The second kappa shape index (κ2) is 81.0. The summed E-state index contributed by atoms with van der Waals surface area (Å²) in [6.45, 7) is 100. The summed E-state index contributed by atoms with van der Waals surface area (Å²) in [5, 5.41) is 12.3. The van der Waals surface area contributed by atoms with Crippen LogP contribution in [-0.4, -0.2) is 510 Å². The molecule has 12 aliphatic rings. The van der Waals surface area contributed by atoms with Crippen LogP contribution in [0.5, 0.6) is 0 Å². The van der Waals surface area contributed by atoms with Crippen LogP contribution in [0.3, 0.4) is 0 Å². The molecule has 26 nitrogen and oxygen atoms in total. The minimum Gasteiger partial charge on any atom is -0.393 e. The van der Waals surface area contributed by atoms with E-state index in [-0.39, 0.29) is 44.5 Å². The molecule has 12 saturated heterocycles. The number of carbonyl (C=O) groups is 4. The largest absolute Gasteiger partial charge is 0.393 e. The Balaban J connectivity index is 0. The average Bonchev–Trinajstić information content (AvgIpc) is 0.843. The number of likely N-dealkylation sites (N-methyl/N-ethyl adjacent to an activating group) is 7. The van der Waals surface area contributed by atoms with Crippen LogP contribution in [0.25, 0.3) is 0 Å². The molecule has 0 aliphatic carbocycles. The van der Waals surface area contributed by atoms with Gasteiger partial charge in [0.25, 0.3) is 0 Å². The van der Waals surface area contributed by atoms with Gasteiger partial charge in [0.1, 0.15) is 0 Å². The van der Waals surface area contributed by atoms with Crippen molar-refractivity contribution in [2.75, 3.05) is 346 Å². The summed E-state index contributed by atoms with van der Waals surface area (Å²) in [6.07, 6.45) is 18.8. The van der Waals surface area contributed by atoms with Gasteiger partial charge in [-0.25, -0.2) is 0 Å². The van der Waals surface area contributed by atoms with Crippen LogP contribution in [0.2, 0.25) is 0 Å². The number of ketones is 1. The van der Waals surface area contributed by atoms with E-state index < -0.39 is 0 Å². The zero-order valence-electron chi connectivity index (χ0n) is 97.6. The standard InChI is InChI=1S/C13H27N3.2C10H20N2O.C10H22N2.C10H19NO.C9H18N2O.C9H20N2.2C9H19N.C8H18N2.C8H17NO.C7H15NO.2CH4/c1-12(2)15-6-4-13(5-7-15)16-10-8-14(3)9-11-16;1-9(2)8-10(13)12-6-4-11(3)5-7-12;1-8(2)10(13)11-9-4-6-12(3)7-5-9;1-10(2)4-5-12-8-6-11(3)7-9-12;1-9(2)8-10(12)6-5-7-11(3)4;1-8(2)9(12)11-6-4-10(3)5-7-11;1-9(2)8-11-6-4-10(3)5-7-11;1-8(2)9-4-6-10(3)7-5-9;1-8(2)9-5-4-6-10(3)7-9;1-8(2)10-6-4-9(3)5-7-10;1-7(2)9-5-3-8(10)4-6-9;1-7(2)8-3-5-9-6-4-8;;/h12-13H,4-11H2,1-3H3;9H,4-8H2,1-3H3;8-9H,4-7H2,1-3H3,(H,11,13);10H,4-9H2,1-3H3;5-6,9H,7-8H2,1-4H3;8H,4-7H2,1-3H3;9H,4-8H2,1-3H3;2*8-9H,4-7H2,1-3H3;8H,4-7H2,1-3H3;7-8,10H,3-6H2,1-2H3;7H,3-6H2,1-2H3;2*1H4/b;;;;6-5+;;;;;;;;;. The molecule has 0 aromatic rings. The number of ether oxygens (including phenoxy) is 1. The number of aliphatic hydroxyl groups is 1. The molecule has 0 bridgehead atoms. The predicted molar refractivity (Wildman–Crippen MR) is 606 cm³/mol. The van der Waals surface area contributed by atoms with Gasteiger partial charge in [-0.05, 0) is 309 Å². The highest BCUT2D eigenvalue weighted by Crippen LogP contribution is 2.26. The van der Waals surface area contributed by atoms with Crippen molar-refractivity contribution in [2.45, 2.75) is 307 Å². The van der Waals surface area contributed by atoms with E-state index in [1.54, 1.807) is 6.08 Å². The van der Waals surface area contributed by atoms with Gasteiger partial charge in [-0.2, -0.15) is 0 Å². The Kier molecular flexibility index (Phi) is 80.5. The maximum Gasteiger partial charge on any atom is 0.225 e. The lowest BCUT2D eigenvalue weighted by atomic mass is 9.87. The van der Waals surface area contributed by atoms with Crippen LogP contribution in [0.1, 0.15) is 264 Å². The predicted octanol–water partition coefficient (Wildman–Crippen LogP) is 14.5. The number of nitrogens with one attached hydrogen (secondary N) is 1. The first-order chi connectivity index (χ1) is 64.9. The molecule has 26 heteroatoms. The number of morpholine rings is 1. The van der Waals surface area contributed by atoms with Gasteiger partial charge < -0.3 is 93.6 Å². The highest BCUT2D eigenvalue weighted by molar-refractivity contribution is 5.89. The summed E-state index contributed by atoms with van der Waals surface area (Å²) >= 11 is 0. The number of piperidine rings is 5. The van der Waals surface area contributed by atoms with Gasteiger partial charge in [0, 0.05) is 264 Å². The smallest absolute Gasteiger partial charge is 0.225 e. The highest BCUT2D eigenvalue weighted by Gasteiger charge is 2.30. The third-order valence-electron chi connectivity index (χ3n) is 29.4. The zero-order valence-corrected chi connectivity index (χ0v) is 97.6. The van der Waals surface area contributed by atoms with Crippen LogP contribution in [0.15, 0.2) is 12.2 Å². The van der Waals surface area contributed by atoms with Crippen LogP contribution in [0.4, 0.5) is 0 Å². The quantitative estimate of drug-likeness (QED) is 0.0980. The second-order valence-corrected chi connectivity index (χ2v) is 47.4. The van der Waals surface area contributed by atoms with Crippen LogP contribution in [-0.2, 0) is 23.9 Å². The number of amides is 3. The molecule has 2 N–H and O–H groups in total. The van der Waals surface area contributed by atoms with Gasteiger partial charge >= 0.3 is 0 Å². The van der Waals surface area contributed by atoms with E-state index in [2.05, 4.69) is 286 Å². The summed E-state index contributed by atoms with van der Waals surface area (Å²) < 4.78 is 5.21. The highest BCUT2D eigenvalue weighted by atomic mass is 16.5. The normalized spacial score (nSPS) is 22.1. The Morgan fingerprint density at radius 2 is 0.736 bits per heavy atom. The fraction of sp³-hybridized carbons (Fsp3) is 0.947. The van der Waals surface area contributed by atoms with Gasteiger partial charge in [0.05, 0.1) is 19.3 Å². The first-order valence-electron chi connectivity index (χ1n) is 56.2. The SMILES string of the molecule is C.C.CC(C)C(=O)N1CCN(C)CC1.CC(C)C(=O)NC1CCN(C)CC1.CC(C)C1CCCN(C)C1.CC(C)C1CCN(C)CC1.CC(C)CC(=O)/C=C/CN(C)C.CC(C)CC(=O)N1CCN(C)CC1.CC(C)CCN1CCN(C)CC1.CC(C)CN1CCN(C)CC1.CC(C)N1CCC(N2CCN(C)CC2)CC1.CC(C)N1CCC(O)CC1.CC(C)N1CCN(C)CC1.CC(C)N1CCOCC1. The summed E-state index contributed by atoms with van der Waals surface area (Å²) in [5.41, 5.74) is 0. The number of piperazine rings is 6. The maximum atomic E-state index is 11.6. The van der Waals surface area contributed by atoms with Gasteiger partial charge in [0.15, 0.2) is 5.78 Å². The van der Waals surface area contributed by atoms with E-state index in [1.807, 2.05) is 62.6 Å². The number of carbonyl (C=O) groups excluding carboxylic acids is 4. The van der Waals surface area contributed by atoms with Gasteiger partial charge in [0.2, 0.25) is 17.7 Å². The summed E-state index contributed by atoms with van der Waals surface area (Å²) in [7, 11) is 23.6. The molecule has 1 unspecified atom stereocenters. The Morgan fingerprint density at radius 1 is 0.364 bits per heavy atom. The van der Waals surface area contributed by atoms with E-state index in [0.29, 0.717) is 54.6 Å². The number of hydrogen-bond acceptors (Lipinski definition) is 23. The fourth-order valence-corrected chi connectivity index (χ4v) is 18.6. The van der Waals surface area contributed by atoms with E-state index in [0.717, 1.165) is 191 Å². The third kappa shape index (κ3) is 70.1. The molecule has 0 spiro atoms. The van der Waals surface area contributed by atoms with Gasteiger partial charge in [-0.15, -0.1) is 0 Å². The van der Waals surface area contributed by atoms with Crippen LogP contribution < -0.4 is 5.32 Å². The second-order valence-electron chi connectivity index (χ2n) is 47.4. The Morgan fingerprint density at radius 3 is 1.10 bits per heavy atom. The first kappa shape index (κ1) is 139. The lowest BCUT2D eigenvalue weighted by Gasteiger charge is -2.43. The minimum absolute atomic E-state index is 0. The summed E-state index contributed by atoms with van der Waals surface area (Å²) in [4.78, 5) is 90.8. The number of aliphatic hydroxyl groups excluding tert-OH is 1. The molecule has 1 atom stereocenters. The van der Waals surface area contributed by atoms with Crippen molar-refractivity contribution >= 4 is 23.5 Å². The van der Waals surface area contributed by atoms with Gasteiger partial charge in [-0.1, -0.05) is 132 Å². The topological polar surface area (TPSA) is 171 Å². The van der Waals surface area contributed by atoms with Crippen molar-refractivity contribution < 1.29 is 29.0 Å². The molecule has 12 aliphatic heterocycles. The van der Waals surface area contributed by atoms with Crippen molar-refractivity contribution in [2.24, 2.45) is 59.2 Å². The Labute approximate surface area is 870 Å². The van der Waals surface area contributed by atoms with E-state index >= 15 is 0 Å². The lowest BCUT2D eigenvalue weighted by Crippen LogP contribution is -2.53. The molecule has 834 valence electrons. The number of likely N-dealkylation sites (tertiary alicyclic amines) is 5.